The third-order valence-electron chi connectivity index (χ3n) is 4.17. The molecule has 3 rings (SSSR count). The Hall–Kier alpha value is -1.06. The maximum atomic E-state index is 5.49. The summed E-state index contributed by atoms with van der Waals surface area (Å²) >= 11 is 0. The normalized spacial score (nSPS) is 23.9. The fourth-order valence-electron chi connectivity index (χ4n) is 3.24. The average molecular weight is 246 g/mol. The van der Waals surface area contributed by atoms with E-state index in [2.05, 4.69) is 28.4 Å². The Bertz CT molecular complexity index is 413. The summed E-state index contributed by atoms with van der Waals surface area (Å²) in [7, 11) is 1.77. The van der Waals surface area contributed by atoms with Gasteiger partial charge in [0.2, 0.25) is 0 Å². The highest BCUT2D eigenvalue weighted by Gasteiger charge is 2.25. The Labute approximate surface area is 109 Å². The number of hydrogen-bond donors (Lipinski definition) is 1. The van der Waals surface area contributed by atoms with Crippen molar-refractivity contribution < 1.29 is 4.74 Å². The monoisotopic (exact) mass is 246 g/mol. The molecule has 0 aliphatic carbocycles. The number of benzene rings is 1. The van der Waals surface area contributed by atoms with E-state index in [0.29, 0.717) is 6.04 Å². The molecule has 0 amide bonds. The number of methoxy groups -OCH3 is 1. The Morgan fingerprint density at radius 2 is 2.17 bits per heavy atom. The van der Waals surface area contributed by atoms with Crippen LogP contribution < -0.4 is 10.1 Å². The second kappa shape index (κ2) is 5.29. The molecule has 0 bridgehead atoms. The van der Waals surface area contributed by atoms with Gasteiger partial charge in [0, 0.05) is 18.2 Å². The van der Waals surface area contributed by atoms with Crippen LogP contribution in [0.2, 0.25) is 0 Å². The van der Waals surface area contributed by atoms with E-state index in [0.717, 1.165) is 25.3 Å². The minimum absolute atomic E-state index is 0.474. The van der Waals surface area contributed by atoms with Gasteiger partial charge in [-0.2, -0.15) is 0 Å². The van der Waals surface area contributed by atoms with Crippen molar-refractivity contribution in [3.05, 3.63) is 29.3 Å². The topological polar surface area (TPSA) is 24.5 Å². The molecule has 0 radical (unpaired) electrons. The van der Waals surface area contributed by atoms with Crippen LogP contribution in [-0.4, -0.2) is 38.2 Å². The van der Waals surface area contributed by atoms with Crippen molar-refractivity contribution in [1.82, 2.24) is 10.2 Å². The molecule has 2 aliphatic rings. The molecule has 1 unspecified atom stereocenters. The van der Waals surface area contributed by atoms with Crippen LogP contribution in [0.25, 0.3) is 0 Å². The molecule has 1 atom stereocenters. The van der Waals surface area contributed by atoms with E-state index in [9.17, 15) is 0 Å². The first-order chi connectivity index (χ1) is 8.88. The number of fused-ring (bicyclic) bond motifs is 1. The zero-order chi connectivity index (χ0) is 12.4. The molecule has 1 N–H and O–H groups in total. The van der Waals surface area contributed by atoms with Crippen molar-refractivity contribution in [3.63, 3.8) is 0 Å². The third kappa shape index (κ3) is 2.25. The van der Waals surface area contributed by atoms with E-state index in [1.165, 1.54) is 37.1 Å². The van der Waals surface area contributed by atoms with Crippen LogP contribution in [0.4, 0.5) is 0 Å². The minimum Gasteiger partial charge on any atom is -0.496 e. The molecule has 2 heterocycles. The van der Waals surface area contributed by atoms with Crippen LogP contribution in [0.15, 0.2) is 18.2 Å². The molecule has 3 nitrogen and oxygen atoms in total. The molecule has 0 saturated carbocycles. The maximum absolute atomic E-state index is 5.49. The Kier molecular flexibility index (Phi) is 3.52. The van der Waals surface area contributed by atoms with Gasteiger partial charge in [-0.05, 0) is 50.5 Å². The molecule has 1 fully saturated rings. The van der Waals surface area contributed by atoms with Crippen molar-refractivity contribution in [1.29, 1.82) is 0 Å². The predicted octanol–water partition coefficient (Wildman–Crippen LogP) is 1.98. The first-order valence-electron chi connectivity index (χ1n) is 7.00. The summed E-state index contributed by atoms with van der Waals surface area (Å²) in [5.74, 6) is 1.06. The highest BCUT2D eigenvalue weighted by atomic mass is 16.5. The molecule has 98 valence electrons. The minimum atomic E-state index is 0.474. The molecule has 3 heteroatoms. The van der Waals surface area contributed by atoms with Crippen molar-refractivity contribution in [2.24, 2.45) is 0 Å². The van der Waals surface area contributed by atoms with E-state index < -0.39 is 0 Å². The van der Waals surface area contributed by atoms with E-state index in [1.54, 1.807) is 7.11 Å². The lowest BCUT2D eigenvalue weighted by Crippen LogP contribution is -2.38. The number of rotatable bonds is 3. The summed E-state index contributed by atoms with van der Waals surface area (Å²) in [5, 5.41) is 3.66. The highest BCUT2D eigenvalue weighted by Crippen LogP contribution is 2.31. The number of nitrogens with zero attached hydrogens (tertiary/aromatic N) is 1. The van der Waals surface area contributed by atoms with Gasteiger partial charge in [-0.15, -0.1) is 0 Å². The first-order valence-corrected chi connectivity index (χ1v) is 7.00. The van der Waals surface area contributed by atoms with Crippen molar-refractivity contribution >= 4 is 0 Å². The highest BCUT2D eigenvalue weighted by molar-refractivity contribution is 5.43. The number of nitrogens with one attached hydrogen (secondary N) is 1. The smallest absolute Gasteiger partial charge is 0.122 e. The van der Waals surface area contributed by atoms with Gasteiger partial charge in [0.05, 0.1) is 7.11 Å². The zero-order valence-corrected chi connectivity index (χ0v) is 11.1. The van der Waals surface area contributed by atoms with Gasteiger partial charge in [-0.1, -0.05) is 12.1 Å². The molecule has 0 spiro atoms. The standard InChI is InChI=1S/C15H22N2O/c1-18-15-6-4-5-12-13(15)7-8-16-14(12)11-17-9-2-3-10-17/h4-6,14,16H,2-3,7-11H2,1H3. The molecular weight excluding hydrogens is 224 g/mol. The van der Waals surface area contributed by atoms with E-state index >= 15 is 0 Å². The van der Waals surface area contributed by atoms with E-state index in [1.807, 2.05) is 0 Å². The fourth-order valence-corrected chi connectivity index (χ4v) is 3.24. The van der Waals surface area contributed by atoms with Crippen molar-refractivity contribution in [3.8, 4) is 5.75 Å². The number of ether oxygens (including phenoxy) is 1. The van der Waals surface area contributed by atoms with Gasteiger partial charge in [0.1, 0.15) is 5.75 Å². The van der Waals surface area contributed by atoms with Gasteiger partial charge in [0.25, 0.3) is 0 Å². The Morgan fingerprint density at radius 1 is 1.33 bits per heavy atom. The SMILES string of the molecule is COc1cccc2c1CCNC2CN1CCCC1. The largest absolute Gasteiger partial charge is 0.496 e. The lowest BCUT2D eigenvalue weighted by Gasteiger charge is -2.31. The third-order valence-corrected chi connectivity index (χ3v) is 4.17. The lowest BCUT2D eigenvalue weighted by atomic mass is 9.93. The van der Waals surface area contributed by atoms with Gasteiger partial charge in [0.15, 0.2) is 0 Å². The van der Waals surface area contributed by atoms with Gasteiger partial charge >= 0.3 is 0 Å². The second-order valence-electron chi connectivity index (χ2n) is 5.29. The molecule has 1 saturated heterocycles. The van der Waals surface area contributed by atoms with Gasteiger partial charge in [-0.25, -0.2) is 0 Å². The number of likely N-dealkylation sites (tertiary alicyclic amines) is 1. The van der Waals surface area contributed by atoms with Crippen LogP contribution in [0, 0.1) is 0 Å². The predicted molar refractivity (Wildman–Crippen MR) is 73.1 cm³/mol. The van der Waals surface area contributed by atoms with Crippen molar-refractivity contribution in [2.45, 2.75) is 25.3 Å². The molecule has 18 heavy (non-hydrogen) atoms. The average Bonchev–Trinajstić information content (AvgIpc) is 2.91. The molecule has 0 aromatic heterocycles. The van der Waals surface area contributed by atoms with Gasteiger partial charge < -0.3 is 15.0 Å². The van der Waals surface area contributed by atoms with Crippen LogP contribution in [0.5, 0.6) is 5.75 Å². The molecule has 2 aliphatic heterocycles. The zero-order valence-electron chi connectivity index (χ0n) is 11.1. The summed E-state index contributed by atoms with van der Waals surface area (Å²) in [6.45, 7) is 4.72. The number of hydrogen-bond acceptors (Lipinski definition) is 3. The fraction of sp³-hybridized carbons (Fsp3) is 0.600. The summed E-state index contributed by atoms with van der Waals surface area (Å²) in [4.78, 5) is 2.58. The van der Waals surface area contributed by atoms with Crippen LogP contribution in [0.3, 0.4) is 0 Å². The summed E-state index contributed by atoms with van der Waals surface area (Å²) in [5.41, 5.74) is 2.84. The van der Waals surface area contributed by atoms with Gasteiger partial charge in [-0.3, -0.25) is 0 Å². The van der Waals surface area contributed by atoms with Crippen LogP contribution >= 0.6 is 0 Å². The summed E-state index contributed by atoms with van der Waals surface area (Å²) in [6.07, 6.45) is 3.80. The molecule has 1 aromatic rings. The summed E-state index contributed by atoms with van der Waals surface area (Å²) < 4.78 is 5.49. The maximum Gasteiger partial charge on any atom is 0.122 e. The van der Waals surface area contributed by atoms with E-state index in [4.69, 9.17) is 4.74 Å². The lowest BCUT2D eigenvalue weighted by molar-refractivity contribution is 0.286. The van der Waals surface area contributed by atoms with Crippen LogP contribution in [-0.2, 0) is 6.42 Å². The molecular formula is C15H22N2O. The van der Waals surface area contributed by atoms with E-state index in [-0.39, 0.29) is 0 Å². The van der Waals surface area contributed by atoms with Crippen LogP contribution in [0.1, 0.15) is 30.0 Å². The molecule has 1 aromatic carbocycles. The Balaban J connectivity index is 1.82. The quantitative estimate of drug-likeness (QED) is 0.882. The van der Waals surface area contributed by atoms with Crippen molar-refractivity contribution in [2.75, 3.05) is 33.3 Å². The summed E-state index contributed by atoms with van der Waals surface area (Å²) in [6, 6.07) is 6.92. The Morgan fingerprint density at radius 3 is 2.94 bits per heavy atom. The first kappa shape index (κ1) is 12.0. The second-order valence-corrected chi connectivity index (χ2v) is 5.29.